The Labute approximate surface area is 160 Å². The Balaban J connectivity index is 1.38. The first-order chi connectivity index (χ1) is 12.8. The van der Waals surface area contributed by atoms with Crippen molar-refractivity contribution in [1.29, 1.82) is 0 Å². The average Bonchev–Trinajstić information content (AvgIpc) is 3.42. The molecule has 1 aliphatic heterocycles. The van der Waals surface area contributed by atoms with Crippen LogP contribution >= 0.6 is 22.7 Å². The van der Waals surface area contributed by atoms with Crippen LogP contribution in [0.25, 0.3) is 16.1 Å². The maximum absolute atomic E-state index is 4.81. The highest BCUT2D eigenvalue weighted by Gasteiger charge is 2.25. The van der Waals surface area contributed by atoms with Crippen molar-refractivity contribution in [2.45, 2.75) is 25.3 Å². The molecule has 0 amide bonds. The molecule has 1 atom stereocenters. The van der Waals surface area contributed by atoms with Crippen molar-refractivity contribution in [3.8, 4) is 10.4 Å². The Hall–Kier alpha value is -2.09. The van der Waals surface area contributed by atoms with E-state index in [1.807, 2.05) is 16.1 Å². The van der Waals surface area contributed by atoms with Crippen LogP contribution in [0.1, 0.15) is 29.6 Å². The number of thiazole rings is 1. The van der Waals surface area contributed by atoms with Crippen LogP contribution in [0.15, 0.2) is 47.4 Å². The van der Waals surface area contributed by atoms with Crippen LogP contribution in [0.5, 0.6) is 0 Å². The van der Waals surface area contributed by atoms with E-state index in [2.05, 4.69) is 45.7 Å². The quantitative estimate of drug-likeness (QED) is 0.529. The Morgan fingerprint density at radius 1 is 1.15 bits per heavy atom. The van der Waals surface area contributed by atoms with Crippen molar-refractivity contribution < 1.29 is 0 Å². The van der Waals surface area contributed by atoms with Gasteiger partial charge in [0.1, 0.15) is 5.01 Å². The highest BCUT2D eigenvalue weighted by molar-refractivity contribution is 7.13. The summed E-state index contributed by atoms with van der Waals surface area (Å²) in [5.74, 6) is 1.37. The summed E-state index contributed by atoms with van der Waals surface area (Å²) >= 11 is 3.48. The second-order valence-electron chi connectivity index (χ2n) is 6.67. The number of aromatic nitrogens is 4. The number of piperidine rings is 1. The molecule has 1 saturated heterocycles. The first-order valence-corrected chi connectivity index (χ1v) is 10.6. The standard InChI is InChI=1S/C19H19N5S2/c1-3-15(11-23(8-1)13-18-20-7-10-26-18)19-21-17-6-5-14(12-24(17)22-19)16-4-2-9-25-16/h2,4-7,9-10,12,15H,1,3,8,11,13H2/t15-/m1/s1. The predicted molar refractivity (Wildman–Crippen MR) is 106 cm³/mol. The van der Waals surface area contributed by atoms with Crippen molar-refractivity contribution in [3.63, 3.8) is 0 Å². The highest BCUT2D eigenvalue weighted by atomic mass is 32.1. The molecule has 0 aromatic carbocycles. The molecule has 0 saturated carbocycles. The van der Waals surface area contributed by atoms with Crippen molar-refractivity contribution in [1.82, 2.24) is 24.5 Å². The smallest absolute Gasteiger partial charge is 0.156 e. The maximum Gasteiger partial charge on any atom is 0.156 e. The van der Waals surface area contributed by atoms with E-state index in [1.165, 1.54) is 21.9 Å². The fraction of sp³-hybridized carbons (Fsp3) is 0.316. The minimum atomic E-state index is 0.397. The number of hydrogen-bond donors (Lipinski definition) is 0. The number of likely N-dealkylation sites (tertiary alicyclic amines) is 1. The molecule has 26 heavy (non-hydrogen) atoms. The largest absolute Gasteiger partial charge is 0.296 e. The number of nitrogens with zero attached hydrogens (tertiary/aromatic N) is 5. The molecule has 5 nitrogen and oxygen atoms in total. The van der Waals surface area contributed by atoms with E-state index >= 15 is 0 Å². The summed E-state index contributed by atoms with van der Waals surface area (Å²) in [4.78, 5) is 13.0. The monoisotopic (exact) mass is 381 g/mol. The molecule has 0 N–H and O–H groups in total. The van der Waals surface area contributed by atoms with Crippen LogP contribution < -0.4 is 0 Å². The van der Waals surface area contributed by atoms with Crippen LogP contribution in [-0.2, 0) is 6.54 Å². The van der Waals surface area contributed by atoms with Gasteiger partial charge < -0.3 is 0 Å². The molecule has 4 aromatic heterocycles. The predicted octanol–water partition coefficient (Wildman–Crippen LogP) is 4.29. The molecular formula is C19H19N5S2. The SMILES string of the molecule is c1csc(-c2ccc3nc([C@@H]4CCCN(Cc5nccs5)C4)nn3c2)c1. The maximum atomic E-state index is 4.81. The van der Waals surface area contributed by atoms with E-state index in [4.69, 9.17) is 10.1 Å². The van der Waals surface area contributed by atoms with Crippen molar-refractivity contribution >= 4 is 28.3 Å². The normalized spacial score (nSPS) is 18.5. The first kappa shape index (κ1) is 16.1. The summed E-state index contributed by atoms with van der Waals surface area (Å²) in [5.41, 5.74) is 2.12. The Bertz CT molecular complexity index is 990. The van der Waals surface area contributed by atoms with Gasteiger partial charge in [-0.2, -0.15) is 5.10 Å². The fourth-order valence-electron chi connectivity index (χ4n) is 3.59. The van der Waals surface area contributed by atoms with Gasteiger partial charge in [-0.15, -0.1) is 22.7 Å². The molecule has 0 radical (unpaired) electrons. The van der Waals surface area contributed by atoms with Crippen LogP contribution in [0.4, 0.5) is 0 Å². The van der Waals surface area contributed by atoms with Gasteiger partial charge >= 0.3 is 0 Å². The van der Waals surface area contributed by atoms with Crippen LogP contribution in [-0.4, -0.2) is 37.6 Å². The molecule has 7 heteroatoms. The van der Waals surface area contributed by atoms with Gasteiger partial charge in [-0.3, -0.25) is 4.90 Å². The van der Waals surface area contributed by atoms with Gasteiger partial charge in [0.25, 0.3) is 0 Å². The van der Waals surface area contributed by atoms with Crippen LogP contribution in [0, 0.1) is 0 Å². The molecule has 132 valence electrons. The second kappa shape index (κ2) is 6.90. The third kappa shape index (κ3) is 3.18. The molecule has 5 heterocycles. The van der Waals surface area contributed by atoms with Gasteiger partial charge in [0, 0.05) is 40.7 Å². The van der Waals surface area contributed by atoms with Gasteiger partial charge in [-0.05, 0) is 43.0 Å². The summed E-state index contributed by atoms with van der Waals surface area (Å²) in [6, 6.07) is 8.42. The lowest BCUT2D eigenvalue weighted by molar-refractivity contribution is 0.196. The van der Waals surface area contributed by atoms with Gasteiger partial charge in [0.05, 0.1) is 6.54 Å². The van der Waals surface area contributed by atoms with Crippen LogP contribution in [0.2, 0.25) is 0 Å². The minimum absolute atomic E-state index is 0.397. The van der Waals surface area contributed by atoms with Crippen molar-refractivity contribution in [2.75, 3.05) is 13.1 Å². The fourth-order valence-corrected chi connectivity index (χ4v) is 4.97. The summed E-state index contributed by atoms with van der Waals surface area (Å²) in [6.45, 7) is 3.07. The van der Waals surface area contributed by atoms with E-state index in [-0.39, 0.29) is 0 Å². The van der Waals surface area contributed by atoms with E-state index in [1.54, 1.807) is 22.7 Å². The van der Waals surface area contributed by atoms with Gasteiger partial charge in [0.15, 0.2) is 11.5 Å². The summed E-state index contributed by atoms with van der Waals surface area (Å²) < 4.78 is 1.93. The third-order valence-corrected chi connectivity index (χ3v) is 6.55. The Morgan fingerprint density at radius 2 is 2.15 bits per heavy atom. The third-order valence-electron chi connectivity index (χ3n) is 4.87. The number of hydrogen-bond acceptors (Lipinski definition) is 6. The zero-order chi connectivity index (χ0) is 17.3. The molecule has 5 rings (SSSR count). The van der Waals surface area contributed by atoms with Gasteiger partial charge in [-0.1, -0.05) is 6.07 Å². The molecular weight excluding hydrogens is 362 g/mol. The molecule has 4 aromatic rings. The Kier molecular flexibility index (Phi) is 4.28. The lowest BCUT2D eigenvalue weighted by Gasteiger charge is -2.30. The van der Waals surface area contributed by atoms with Crippen LogP contribution in [0.3, 0.4) is 0 Å². The molecule has 0 bridgehead atoms. The summed E-state index contributed by atoms with van der Waals surface area (Å²) in [7, 11) is 0. The van der Waals surface area contributed by atoms with Crippen molar-refractivity contribution in [3.05, 3.63) is 58.3 Å². The molecule has 0 aliphatic carbocycles. The van der Waals surface area contributed by atoms with Gasteiger partial charge in [0.2, 0.25) is 0 Å². The Morgan fingerprint density at radius 3 is 3.00 bits per heavy atom. The number of rotatable bonds is 4. The number of pyridine rings is 1. The highest BCUT2D eigenvalue weighted by Crippen LogP contribution is 2.28. The zero-order valence-electron chi connectivity index (χ0n) is 14.3. The van der Waals surface area contributed by atoms with Gasteiger partial charge in [-0.25, -0.2) is 14.5 Å². The number of fused-ring (bicyclic) bond motifs is 1. The summed E-state index contributed by atoms with van der Waals surface area (Å²) in [5, 5.41) is 10.1. The average molecular weight is 382 g/mol. The zero-order valence-corrected chi connectivity index (χ0v) is 15.9. The number of thiophene rings is 1. The second-order valence-corrected chi connectivity index (χ2v) is 8.59. The van der Waals surface area contributed by atoms with E-state index in [0.29, 0.717) is 5.92 Å². The first-order valence-electron chi connectivity index (χ1n) is 8.86. The lowest BCUT2D eigenvalue weighted by Crippen LogP contribution is -2.34. The van der Waals surface area contributed by atoms with E-state index in [9.17, 15) is 0 Å². The van der Waals surface area contributed by atoms with E-state index < -0.39 is 0 Å². The summed E-state index contributed by atoms with van der Waals surface area (Å²) in [6.07, 6.45) is 6.32. The van der Waals surface area contributed by atoms with Crippen molar-refractivity contribution in [2.24, 2.45) is 0 Å². The molecule has 0 spiro atoms. The molecule has 0 unspecified atom stereocenters. The molecule has 1 fully saturated rings. The van der Waals surface area contributed by atoms with E-state index in [0.717, 1.165) is 37.5 Å². The minimum Gasteiger partial charge on any atom is -0.296 e. The molecule has 1 aliphatic rings. The lowest BCUT2D eigenvalue weighted by atomic mass is 9.97. The topological polar surface area (TPSA) is 46.3 Å².